The summed E-state index contributed by atoms with van der Waals surface area (Å²) in [5, 5.41) is 3.25. The molecule has 0 aromatic heterocycles. The average Bonchev–Trinajstić information content (AvgIpc) is 2.57. The molecule has 1 fully saturated rings. The van der Waals surface area contributed by atoms with Crippen LogP contribution in [0.2, 0.25) is 0 Å². The molecular formula is C13H18ClFN2O. The Morgan fingerprint density at radius 2 is 2.17 bits per heavy atom. The largest absolute Gasteiger partial charge is 0.341 e. The molecule has 1 saturated heterocycles. The highest BCUT2D eigenvalue weighted by Gasteiger charge is 2.15. The predicted molar refractivity (Wildman–Crippen MR) is 71.4 cm³/mol. The number of amides is 1. The van der Waals surface area contributed by atoms with E-state index >= 15 is 0 Å². The molecule has 1 heterocycles. The molecule has 0 atom stereocenters. The van der Waals surface area contributed by atoms with Crippen LogP contribution in [-0.4, -0.2) is 37.0 Å². The number of halogens is 2. The summed E-state index contributed by atoms with van der Waals surface area (Å²) in [7, 11) is 0. The Labute approximate surface area is 113 Å². The summed E-state index contributed by atoms with van der Waals surface area (Å²) >= 11 is 0. The van der Waals surface area contributed by atoms with Crippen LogP contribution in [0.5, 0.6) is 0 Å². The minimum absolute atomic E-state index is 0. The van der Waals surface area contributed by atoms with Crippen LogP contribution in [0.25, 0.3) is 0 Å². The summed E-state index contributed by atoms with van der Waals surface area (Å²) in [6.07, 6.45) is 1.27. The van der Waals surface area contributed by atoms with Gasteiger partial charge in [0.15, 0.2) is 0 Å². The number of carbonyl (C=O) groups is 1. The quantitative estimate of drug-likeness (QED) is 0.887. The van der Waals surface area contributed by atoms with Crippen LogP contribution in [0.1, 0.15) is 12.0 Å². The average molecular weight is 273 g/mol. The lowest BCUT2D eigenvalue weighted by Gasteiger charge is -2.19. The van der Waals surface area contributed by atoms with Crippen LogP contribution in [0.15, 0.2) is 24.3 Å². The van der Waals surface area contributed by atoms with Gasteiger partial charge < -0.3 is 10.2 Å². The third-order valence-electron chi connectivity index (χ3n) is 2.94. The van der Waals surface area contributed by atoms with Crippen molar-refractivity contribution in [2.75, 3.05) is 26.2 Å². The van der Waals surface area contributed by atoms with E-state index in [9.17, 15) is 9.18 Å². The lowest BCUT2D eigenvalue weighted by atomic mass is 10.1. The summed E-state index contributed by atoms with van der Waals surface area (Å²) in [5.41, 5.74) is 0.743. The molecule has 3 nitrogen and oxygen atoms in total. The molecule has 2 rings (SSSR count). The van der Waals surface area contributed by atoms with E-state index in [-0.39, 0.29) is 30.6 Å². The molecule has 0 saturated carbocycles. The Bertz CT molecular complexity index is 392. The molecule has 18 heavy (non-hydrogen) atoms. The number of benzene rings is 1. The number of nitrogens with zero attached hydrogens (tertiary/aromatic N) is 1. The first-order chi connectivity index (χ1) is 8.25. The second-order valence-electron chi connectivity index (χ2n) is 4.29. The fraction of sp³-hybridized carbons (Fsp3) is 0.462. The number of nitrogens with one attached hydrogen (secondary N) is 1. The van der Waals surface area contributed by atoms with E-state index in [1.54, 1.807) is 12.1 Å². The van der Waals surface area contributed by atoms with Crippen molar-refractivity contribution in [2.24, 2.45) is 0 Å². The standard InChI is InChI=1S/C13H17FN2O.ClH/c14-12-4-1-3-11(9-12)10-13(17)16-7-2-5-15-6-8-16;/h1,3-4,9,15H,2,5-8,10H2;1H. The highest BCUT2D eigenvalue weighted by molar-refractivity contribution is 5.85. The fourth-order valence-electron chi connectivity index (χ4n) is 2.03. The van der Waals surface area contributed by atoms with Crippen molar-refractivity contribution in [2.45, 2.75) is 12.8 Å². The zero-order valence-electron chi connectivity index (χ0n) is 10.2. The molecule has 1 aromatic carbocycles. The number of hydrogen-bond acceptors (Lipinski definition) is 2. The van der Waals surface area contributed by atoms with Gasteiger partial charge in [0.05, 0.1) is 6.42 Å². The molecule has 1 aliphatic rings. The van der Waals surface area contributed by atoms with Crippen molar-refractivity contribution in [3.8, 4) is 0 Å². The van der Waals surface area contributed by atoms with Gasteiger partial charge in [-0.1, -0.05) is 12.1 Å². The Balaban J connectivity index is 0.00000162. The highest BCUT2D eigenvalue weighted by Crippen LogP contribution is 2.07. The van der Waals surface area contributed by atoms with Gasteiger partial charge in [-0.25, -0.2) is 4.39 Å². The van der Waals surface area contributed by atoms with E-state index in [0.29, 0.717) is 0 Å². The van der Waals surface area contributed by atoms with Crippen LogP contribution in [0, 0.1) is 5.82 Å². The van der Waals surface area contributed by atoms with Gasteiger partial charge in [0.1, 0.15) is 5.82 Å². The lowest BCUT2D eigenvalue weighted by molar-refractivity contribution is -0.130. The minimum Gasteiger partial charge on any atom is -0.341 e. The second-order valence-corrected chi connectivity index (χ2v) is 4.29. The number of hydrogen-bond donors (Lipinski definition) is 1. The summed E-state index contributed by atoms with van der Waals surface area (Å²) in [6.45, 7) is 3.34. The second kappa shape index (κ2) is 7.34. The maximum absolute atomic E-state index is 13.0. The normalized spacial score (nSPS) is 15.7. The lowest BCUT2D eigenvalue weighted by Crippen LogP contribution is -2.35. The Kier molecular flexibility index (Phi) is 6.09. The monoisotopic (exact) mass is 272 g/mol. The van der Waals surface area contributed by atoms with Gasteiger partial charge in [0, 0.05) is 19.6 Å². The molecule has 0 spiro atoms. The smallest absolute Gasteiger partial charge is 0.227 e. The van der Waals surface area contributed by atoms with Crippen molar-refractivity contribution in [1.29, 1.82) is 0 Å². The van der Waals surface area contributed by atoms with Crippen molar-refractivity contribution >= 4 is 18.3 Å². The molecule has 5 heteroatoms. The molecule has 0 unspecified atom stereocenters. The van der Waals surface area contributed by atoms with E-state index in [2.05, 4.69) is 5.32 Å². The molecule has 1 N–H and O–H groups in total. The van der Waals surface area contributed by atoms with Gasteiger partial charge in [0.2, 0.25) is 5.91 Å². The predicted octanol–water partition coefficient (Wildman–Crippen LogP) is 1.61. The number of carbonyl (C=O) groups excluding carboxylic acids is 1. The van der Waals surface area contributed by atoms with Crippen LogP contribution in [-0.2, 0) is 11.2 Å². The maximum atomic E-state index is 13.0. The van der Waals surface area contributed by atoms with Gasteiger partial charge in [0.25, 0.3) is 0 Å². The zero-order chi connectivity index (χ0) is 12.1. The van der Waals surface area contributed by atoms with Gasteiger partial charge >= 0.3 is 0 Å². The Morgan fingerprint density at radius 1 is 1.33 bits per heavy atom. The molecule has 1 aromatic rings. The summed E-state index contributed by atoms with van der Waals surface area (Å²) in [4.78, 5) is 13.9. The molecule has 1 amide bonds. The molecular weight excluding hydrogens is 255 g/mol. The van der Waals surface area contributed by atoms with Gasteiger partial charge in [-0.3, -0.25) is 4.79 Å². The van der Waals surface area contributed by atoms with Crippen molar-refractivity contribution < 1.29 is 9.18 Å². The summed E-state index contributed by atoms with van der Waals surface area (Å²) in [5.74, 6) is -0.202. The van der Waals surface area contributed by atoms with Crippen molar-refractivity contribution in [3.63, 3.8) is 0 Å². The van der Waals surface area contributed by atoms with Crippen LogP contribution in [0.3, 0.4) is 0 Å². The van der Waals surface area contributed by atoms with Crippen LogP contribution >= 0.6 is 12.4 Å². The topological polar surface area (TPSA) is 32.3 Å². The first kappa shape index (κ1) is 14.9. The van der Waals surface area contributed by atoms with E-state index in [4.69, 9.17) is 0 Å². The van der Waals surface area contributed by atoms with Gasteiger partial charge in [-0.15, -0.1) is 12.4 Å². The molecule has 0 aliphatic carbocycles. The fourth-order valence-corrected chi connectivity index (χ4v) is 2.03. The summed E-state index contributed by atoms with van der Waals surface area (Å²) < 4.78 is 13.0. The van der Waals surface area contributed by atoms with Crippen molar-refractivity contribution in [3.05, 3.63) is 35.6 Å². The zero-order valence-corrected chi connectivity index (χ0v) is 11.0. The van der Waals surface area contributed by atoms with Crippen molar-refractivity contribution in [1.82, 2.24) is 10.2 Å². The summed E-state index contributed by atoms with van der Waals surface area (Å²) in [6, 6.07) is 6.25. The maximum Gasteiger partial charge on any atom is 0.227 e. The Morgan fingerprint density at radius 3 is 2.94 bits per heavy atom. The third-order valence-corrected chi connectivity index (χ3v) is 2.94. The van der Waals surface area contributed by atoms with Gasteiger partial charge in [-0.2, -0.15) is 0 Å². The first-order valence-electron chi connectivity index (χ1n) is 5.98. The van der Waals surface area contributed by atoms with E-state index in [0.717, 1.165) is 38.2 Å². The van der Waals surface area contributed by atoms with Gasteiger partial charge in [-0.05, 0) is 30.7 Å². The highest BCUT2D eigenvalue weighted by atomic mass is 35.5. The molecule has 100 valence electrons. The van der Waals surface area contributed by atoms with Crippen LogP contribution < -0.4 is 5.32 Å². The minimum atomic E-state index is -0.284. The first-order valence-corrected chi connectivity index (χ1v) is 5.98. The van der Waals surface area contributed by atoms with E-state index in [1.165, 1.54) is 12.1 Å². The number of rotatable bonds is 2. The van der Waals surface area contributed by atoms with E-state index < -0.39 is 0 Å². The SMILES string of the molecule is Cl.O=C(Cc1cccc(F)c1)N1CCCNCC1. The molecule has 0 bridgehead atoms. The third kappa shape index (κ3) is 4.27. The molecule has 1 aliphatic heterocycles. The van der Waals surface area contributed by atoms with Crippen LogP contribution in [0.4, 0.5) is 4.39 Å². The Hall–Kier alpha value is -1.13. The molecule has 0 radical (unpaired) electrons. The van der Waals surface area contributed by atoms with E-state index in [1.807, 2.05) is 4.90 Å².